The molecule has 1 aliphatic rings. The van der Waals surface area contributed by atoms with Gasteiger partial charge in [0.2, 0.25) is 5.91 Å². The summed E-state index contributed by atoms with van der Waals surface area (Å²) in [6.07, 6.45) is 2.02. The summed E-state index contributed by atoms with van der Waals surface area (Å²) in [7, 11) is 0. The molecule has 134 valence electrons. The molecule has 1 fully saturated rings. The minimum atomic E-state index is -0.451. The molecule has 1 unspecified atom stereocenters. The van der Waals surface area contributed by atoms with Crippen LogP contribution in [0.1, 0.15) is 44.7 Å². The maximum absolute atomic E-state index is 12.2. The number of likely N-dealkylation sites (tertiary alicyclic amines) is 1. The lowest BCUT2D eigenvalue weighted by Gasteiger charge is -2.23. The molecule has 6 nitrogen and oxygen atoms in total. The fraction of sp³-hybridized carbons (Fsp3) is 0.500. The van der Waals surface area contributed by atoms with Crippen LogP contribution in [0.4, 0.5) is 4.79 Å². The van der Waals surface area contributed by atoms with E-state index in [0.717, 1.165) is 29.9 Å². The van der Waals surface area contributed by atoms with Crippen molar-refractivity contribution in [1.82, 2.24) is 20.5 Å². The van der Waals surface area contributed by atoms with Crippen molar-refractivity contribution in [2.24, 2.45) is 0 Å². The molecule has 0 radical (unpaired) electrons. The van der Waals surface area contributed by atoms with Crippen molar-refractivity contribution in [2.45, 2.75) is 45.2 Å². The van der Waals surface area contributed by atoms with Crippen LogP contribution >= 0.6 is 11.3 Å². The number of nitrogens with one attached hydrogen (secondary N) is 2. The molecule has 1 aromatic heterocycles. The summed E-state index contributed by atoms with van der Waals surface area (Å²) in [4.78, 5) is 30.9. The molecule has 1 aliphatic heterocycles. The van der Waals surface area contributed by atoms with Crippen LogP contribution in [-0.4, -0.2) is 40.5 Å². The molecule has 0 bridgehead atoms. The van der Waals surface area contributed by atoms with E-state index in [1.54, 1.807) is 11.3 Å². The Bertz CT molecular complexity index is 748. The zero-order valence-corrected chi connectivity index (χ0v) is 15.7. The van der Waals surface area contributed by atoms with Crippen LogP contribution in [0.15, 0.2) is 24.3 Å². The average Bonchev–Trinajstić information content (AvgIpc) is 3.10. The SMILES string of the molecule is CC(C)(C)NC(=O)NC(=O)CN1CCCC1c1nc2ccccc2s1. The molecule has 3 rings (SSSR count). The summed E-state index contributed by atoms with van der Waals surface area (Å²) in [6, 6.07) is 7.77. The molecular weight excluding hydrogens is 336 g/mol. The number of urea groups is 1. The lowest BCUT2D eigenvalue weighted by molar-refractivity contribution is -0.121. The number of imide groups is 1. The number of hydrogen-bond donors (Lipinski definition) is 2. The van der Waals surface area contributed by atoms with E-state index in [2.05, 4.69) is 21.6 Å². The Kier molecular flexibility index (Phi) is 5.06. The van der Waals surface area contributed by atoms with Gasteiger partial charge in [0.25, 0.3) is 0 Å². The number of carbonyl (C=O) groups is 2. The molecule has 25 heavy (non-hydrogen) atoms. The quantitative estimate of drug-likeness (QED) is 0.882. The number of aromatic nitrogens is 1. The zero-order valence-electron chi connectivity index (χ0n) is 14.8. The summed E-state index contributed by atoms with van der Waals surface area (Å²) >= 11 is 1.68. The zero-order chi connectivity index (χ0) is 18.0. The predicted octanol–water partition coefficient (Wildman–Crippen LogP) is 3.06. The number of fused-ring (bicyclic) bond motifs is 1. The number of rotatable bonds is 3. The molecule has 1 atom stereocenters. The first-order valence-corrected chi connectivity index (χ1v) is 9.35. The molecule has 7 heteroatoms. The van der Waals surface area contributed by atoms with E-state index in [-0.39, 0.29) is 24.0 Å². The molecular formula is C18H24N4O2S. The van der Waals surface area contributed by atoms with Crippen LogP contribution in [0.3, 0.4) is 0 Å². The highest BCUT2D eigenvalue weighted by atomic mass is 32.1. The van der Waals surface area contributed by atoms with Crippen LogP contribution in [0.2, 0.25) is 0 Å². The second-order valence-corrected chi connectivity index (χ2v) is 8.46. The van der Waals surface area contributed by atoms with Crippen molar-refractivity contribution >= 4 is 33.5 Å². The van der Waals surface area contributed by atoms with Gasteiger partial charge in [-0.05, 0) is 52.3 Å². The predicted molar refractivity (Wildman–Crippen MR) is 99.6 cm³/mol. The van der Waals surface area contributed by atoms with Gasteiger partial charge >= 0.3 is 6.03 Å². The van der Waals surface area contributed by atoms with E-state index in [0.29, 0.717) is 0 Å². The summed E-state index contributed by atoms with van der Waals surface area (Å²) in [5.74, 6) is -0.283. The first kappa shape index (κ1) is 17.8. The van der Waals surface area contributed by atoms with Crippen LogP contribution in [0, 0.1) is 0 Å². The number of carbonyl (C=O) groups excluding carboxylic acids is 2. The van der Waals surface area contributed by atoms with E-state index in [1.807, 2.05) is 39.0 Å². The Hall–Kier alpha value is -1.99. The molecule has 2 N–H and O–H groups in total. The first-order chi connectivity index (χ1) is 11.8. The van der Waals surface area contributed by atoms with Gasteiger partial charge in [0.1, 0.15) is 5.01 Å². The number of amides is 3. The molecule has 0 aliphatic carbocycles. The average molecular weight is 360 g/mol. The van der Waals surface area contributed by atoms with E-state index in [4.69, 9.17) is 4.98 Å². The topological polar surface area (TPSA) is 74.3 Å². The van der Waals surface area contributed by atoms with Gasteiger partial charge in [-0.15, -0.1) is 11.3 Å². The summed E-state index contributed by atoms with van der Waals surface area (Å²) in [5, 5.41) is 6.20. The minimum absolute atomic E-state index is 0.147. The van der Waals surface area contributed by atoms with Crippen molar-refractivity contribution in [2.75, 3.05) is 13.1 Å². The van der Waals surface area contributed by atoms with Gasteiger partial charge in [-0.1, -0.05) is 12.1 Å². The highest BCUT2D eigenvalue weighted by Crippen LogP contribution is 2.36. The molecule has 2 aromatic rings. The number of benzene rings is 1. The highest BCUT2D eigenvalue weighted by molar-refractivity contribution is 7.18. The van der Waals surface area contributed by atoms with Gasteiger partial charge in [-0.2, -0.15) is 0 Å². The number of hydrogen-bond acceptors (Lipinski definition) is 5. The Morgan fingerprint density at radius 2 is 2.08 bits per heavy atom. The summed E-state index contributed by atoms with van der Waals surface area (Å²) in [6.45, 7) is 6.68. The lowest BCUT2D eigenvalue weighted by atomic mass is 10.1. The van der Waals surface area contributed by atoms with E-state index in [9.17, 15) is 9.59 Å². The Labute approximate surface area is 151 Å². The van der Waals surface area contributed by atoms with Crippen molar-refractivity contribution < 1.29 is 9.59 Å². The molecule has 0 spiro atoms. The number of para-hydroxylation sites is 1. The molecule has 0 saturated carbocycles. The van der Waals surface area contributed by atoms with Crippen LogP contribution in [0.5, 0.6) is 0 Å². The third-order valence-corrected chi connectivity index (χ3v) is 5.18. The third kappa shape index (κ3) is 4.55. The van der Waals surface area contributed by atoms with Crippen LogP contribution in [0.25, 0.3) is 10.2 Å². The monoisotopic (exact) mass is 360 g/mol. The fourth-order valence-electron chi connectivity index (χ4n) is 3.05. The van der Waals surface area contributed by atoms with Crippen molar-refractivity contribution in [1.29, 1.82) is 0 Å². The Morgan fingerprint density at radius 3 is 2.80 bits per heavy atom. The Morgan fingerprint density at radius 1 is 1.32 bits per heavy atom. The van der Waals surface area contributed by atoms with E-state index < -0.39 is 6.03 Å². The molecule has 3 amide bonds. The standard InChI is InChI=1S/C18H24N4O2S/c1-18(2,3)21-17(24)20-15(23)11-22-10-6-8-13(22)16-19-12-7-4-5-9-14(12)25-16/h4-5,7,9,13H,6,8,10-11H2,1-3H3,(H2,20,21,23,24). The minimum Gasteiger partial charge on any atom is -0.333 e. The molecule has 1 saturated heterocycles. The fourth-order valence-corrected chi connectivity index (χ4v) is 4.19. The normalized spacial score (nSPS) is 18.4. The van der Waals surface area contributed by atoms with Gasteiger partial charge in [0.05, 0.1) is 22.8 Å². The van der Waals surface area contributed by atoms with Gasteiger partial charge in [0, 0.05) is 5.54 Å². The van der Waals surface area contributed by atoms with E-state index in [1.165, 1.54) is 4.70 Å². The van der Waals surface area contributed by atoms with Crippen molar-refractivity contribution in [3.8, 4) is 0 Å². The maximum atomic E-state index is 12.2. The second kappa shape index (κ2) is 7.09. The van der Waals surface area contributed by atoms with Gasteiger partial charge in [0.15, 0.2) is 0 Å². The molecule has 2 heterocycles. The van der Waals surface area contributed by atoms with Crippen LogP contribution in [-0.2, 0) is 4.79 Å². The lowest BCUT2D eigenvalue weighted by Crippen LogP contribution is -2.50. The summed E-state index contributed by atoms with van der Waals surface area (Å²) < 4.78 is 1.17. The second-order valence-electron chi connectivity index (χ2n) is 7.40. The number of nitrogens with zero attached hydrogens (tertiary/aromatic N) is 2. The Balaban J connectivity index is 1.63. The highest BCUT2D eigenvalue weighted by Gasteiger charge is 2.30. The maximum Gasteiger partial charge on any atom is 0.321 e. The van der Waals surface area contributed by atoms with E-state index >= 15 is 0 Å². The summed E-state index contributed by atoms with van der Waals surface area (Å²) in [5.41, 5.74) is 0.630. The smallest absolute Gasteiger partial charge is 0.321 e. The van der Waals surface area contributed by atoms with Gasteiger partial charge < -0.3 is 5.32 Å². The van der Waals surface area contributed by atoms with Gasteiger partial charge in [-0.3, -0.25) is 15.0 Å². The third-order valence-electron chi connectivity index (χ3n) is 4.05. The molecule has 1 aromatic carbocycles. The largest absolute Gasteiger partial charge is 0.333 e. The van der Waals surface area contributed by atoms with Crippen molar-refractivity contribution in [3.05, 3.63) is 29.3 Å². The van der Waals surface area contributed by atoms with Crippen LogP contribution < -0.4 is 10.6 Å². The first-order valence-electron chi connectivity index (χ1n) is 8.53. The van der Waals surface area contributed by atoms with Gasteiger partial charge in [-0.25, -0.2) is 9.78 Å². The van der Waals surface area contributed by atoms with Crippen molar-refractivity contribution in [3.63, 3.8) is 0 Å². The number of thiazole rings is 1.